The number of carbonyl (C=O) groups is 1. The van der Waals surface area contributed by atoms with Crippen LogP contribution >= 0.6 is 0 Å². The molecule has 0 aromatic heterocycles. The third-order valence-electron chi connectivity index (χ3n) is 6.97. The van der Waals surface area contributed by atoms with Crippen molar-refractivity contribution in [3.8, 4) is 0 Å². The van der Waals surface area contributed by atoms with E-state index < -0.39 is 26.4 Å². The average molecular weight is 449 g/mol. The highest BCUT2D eigenvalue weighted by molar-refractivity contribution is 7.05. The van der Waals surface area contributed by atoms with Crippen LogP contribution < -0.4 is 5.19 Å². The largest absolute Gasteiger partial charge is 0.512 e. The summed E-state index contributed by atoms with van der Waals surface area (Å²) in [5, 5.41) is 2.40. The number of benzene rings is 2. The molecule has 2 aromatic rings. The fourth-order valence-corrected chi connectivity index (χ4v) is 7.48. The van der Waals surface area contributed by atoms with E-state index in [0.717, 1.165) is 16.4 Å². The zero-order valence-corrected chi connectivity index (χ0v) is 20.8. The molecule has 1 amide bonds. The van der Waals surface area contributed by atoms with Crippen LogP contribution in [-0.2, 0) is 14.0 Å². The van der Waals surface area contributed by atoms with E-state index in [1.165, 1.54) is 5.19 Å². The summed E-state index contributed by atoms with van der Waals surface area (Å²) in [4.78, 5) is 14.6. The van der Waals surface area contributed by atoms with Crippen molar-refractivity contribution in [2.45, 2.75) is 52.0 Å². The maximum absolute atomic E-state index is 12.9. The summed E-state index contributed by atoms with van der Waals surface area (Å²) in [6, 6.07) is 20.8. The molecule has 2 aliphatic heterocycles. The molecule has 32 heavy (non-hydrogen) atoms. The van der Waals surface area contributed by atoms with Crippen molar-refractivity contribution in [1.29, 1.82) is 0 Å². The highest BCUT2D eigenvalue weighted by Gasteiger charge is 2.56. The normalized spacial score (nSPS) is 20.9. The smallest absolute Gasteiger partial charge is 0.447 e. The van der Waals surface area contributed by atoms with Gasteiger partial charge in [-0.15, -0.1) is 0 Å². The summed E-state index contributed by atoms with van der Waals surface area (Å²) in [6.45, 7) is 13.6. The predicted molar refractivity (Wildman–Crippen MR) is 131 cm³/mol. The van der Waals surface area contributed by atoms with E-state index in [9.17, 15) is 4.79 Å². The molecule has 4 rings (SSSR count). The molecule has 0 bridgehead atoms. The minimum absolute atomic E-state index is 0.346. The van der Waals surface area contributed by atoms with Crippen LogP contribution in [0.4, 0.5) is 4.79 Å². The number of rotatable bonds is 5. The fourth-order valence-electron chi connectivity index (χ4n) is 4.38. The molecule has 2 aliphatic rings. The van der Waals surface area contributed by atoms with Crippen LogP contribution in [0.15, 0.2) is 66.3 Å². The Kier molecular flexibility index (Phi) is 5.86. The Bertz CT molecular complexity index is 1000. The van der Waals surface area contributed by atoms with Gasteiger partial charge in [0.2, 0.25) is 0 Å². The van der Waals surface area contributed by atoms with Crippen molar-refractivity contribution in [1.82, 2.24) is 4.90 Å². The first kappa shape index (κ1) is 22.8. The Labute approximate surface area is 192 Å². The van der Waals surface area contributed by atoms with Crippen molar-refractivity contribution >= 4 is 31.7 Å². The molecule has 0 radical (unpaired) electrons. The maximum atomic E-state index is 12.9. The van der Waals surface area contributed by atoms with E-state index in [2.05, 4.69) is 49.5 Å². The van der Waals surface area contributed by atoms with E-state index in [1.54, 1.807) is 4.90 Å². The Morgan fingerprint density at radius 3 is 1.94 bits per heavy atom. The molecule has 0 N–H and O–H groups in total. The first-order valence-electron chi connectivity index (χ1n) is 11.2. The molecule has 0 atom stereocenters. The second-order valence-corrected chi connectivity index (χ2v) is 14.3. The van der Waals surface area contributed by atoms with Crippen LogP contribution in [0.2, 0.25) is 13.1 Å². The Morgan fingerprint density at radius 2 is 1.44 bits per heavy atom. The molecule has 168 valence electrons. The van der Waals surface area contributed by atoms with Gasteiger partial charge in [0, 0.05) is 0 Å². The number of hydrogen-bond donors (Lipinski definition) is 0. The van der Waals surface area contributed by atoms with E-state index in [-0.39, 0.29) is 6.09 Å². The molecule has 2 fully saturated rings. The number of carbonyl (C=O) groups excluding carboxylic acids is 1. The quantitative estimate of drug-likeness (QED) is 0.625. The van der Waals surface area contributed by atoms with Gasteiger partial charge < -0.3 is 14.0 Å². The van der Waals surface area contributed by atoms with Crippen molar-refractivity contribution in [2.24, 2.45) is 0 Å². The van der Waals surface area contributed by atoms with Crippen LogP contribution in [0.25, 0.3) is 5.20 Å². The van der Waals surface area contributed by atoms with Gasteiger partial charge in [0.1, 0.15) is 14.7 Å². The second kappa shape index (κ2) is 8.21. The first-order valence-corrected chi connectivity index (χ1v) is 14.2. The van der Waals surface area contributed by atoms with E-state index in [1.807, 2.05) is 52.0 Å². The van der Waals surface area contributed by atoms with Gasteiger partial charge in [-0.05, 0) is 38.5 Å². The summed E-state index contributed by atoms with van der Waals surface area (Å²) < 4.78 is 18.4. The lowest BCUT2D eigenvalue weighted by molar-refractivity contribution is 0.00578. The van der Waals surface area contributed by atoms with Crippen LogP contribution in [0, 0.1) is 0 Å². The van der Waals surface area contributed by atoms with Crippen molar-refractivity contribution in [3.05, 3.63) is 71.8 Å². The standard InChI is InChI=1S/C25H32BNO4Si/c1-24(2)25(3,4)31-26(30-24)22(27-17-18-29-23(27)28)21(19-13-9-7-10-14-19)32(5,6)20-15-11-8-12-16-20/h7-16H,17-18H2,1-6H3/b22-21+. The van der Waals surface area contributed by atoms with Gasteiger partial charge in [-0.25, -0.2) is 4.79 Å². The first-order chi connectivity index (χ1) is 15.0. The lowest BCUT2D eigenvalue weighted by Crippen LogP contribution is -2.48. The summed E-state index contributed by atoms with van der Waals surface area (Å²) >= 11 is 0. The second-order valence-electron chi connectivity index (χ2n) is 9.97. The predicted octanol–water partition coefficient (Wildman–Crippen LogP) is 4.64. The SMILES string of the molecule is CC1(C)OB(/C(=C(/c2ccccc2)[Si](C)(C)c2ccccc2)N2CCOC2=O)OC1(C)C. The van der Waals surface area contributed by atoms with Crippen LogP contribution in [0.5, 0.6) is 0 Å². The molecule has 0 saturated carbocycles. The van der Waals surface area contributed by atoms with Gasteiger partial charge in [-0.2, -0.15) is 0 Å². The number of amides is 1. The van der Waals surface area contributed by atoms with Gasteiger partial charge >= 0.3 is 13.2 Å². The van der Waals surface area contributed by atoms with Gasteiger partial charge in [0.05, 0.1) is 23.3 Å². The topological polar surface area (TPSA) is 48.0 Å². The molecule has 0 unspecified atom stereocenters. The third-order valence-corrected chi connectivity index (χ3v) is 10.5. The summed E-state index contributed by atoms with van der Waals surface area (Å²) in [7, 11) is -2.97. The van der Waals surface area contributed by atoms with Crippen molar-refractivity contribution < 1.29 is 18.8 Å². The fraction of sp³-hybridized carbons (Fsp3) is 0.400. The number of hydrogen-bond acceptors (Lipinski definition) is 4. The highest BCUT2D eigenvalue weighted by atomic mass is 28.3. The van der Waals surface area contributed by atoms with Gasteiger partial charge in [0.25, 0.3) is 0 Å². The van der Waals surface area contributed by atoms with Gasteiger partial charge in [-0.3, -0.25) is 4.90 Å². The van der Waals surface area contributed by atoms with Gasteiger partial charge in [-0.1, -0.05) is 78.9 Å². The third kappa shape index (κ3) is 3.93. The van der Waals surface area contributed by atoms with E-state index in [0.29, 0.717) is 13.2 Å². The van der Waals surface area contributed by atoms with Crippen LogP contribution in [0.1, 0.15) is 33.3 Å². The number of cyclic esters (lactones) is 1. The zero-order valence-electron chi connectivity index (χ0n) is 19.8. The van der Waals surface area contributed by atoms with Crippen LogP contribution in [-0.4, -0.2) is 50.5 Å². The minimum Gasteiger partial charge on any atom is -0.447 e. The zero-order chi connectivity index (χ0) is 23.1. The Morgan fingerprint density at radius 1 is 0.906 bits per heavy atom. The van der Waals surface area contributed by atoms with Crippen LogP contribution in [0.3, 0.4) is 0 Å². The Hall–Kier alpha value is -2.35. The summed E-state index contributed by atoms with van der Waals surface area (Å²) in [6.07, 6.45) is -0.346. The molecule has 0 spiro atoms. The number of nitrogens with zero attached hydrogens (tertiary/aromatic N) is 1. The molecular formula is C25H32BNO4Si. The average Bonchev–Trinajstić information content (AvgIpc) is 3.26. The summed E-state index contributed by atoms with van der Waals surface area (Å²) in [5.41, 5.74) is 0.815. The van der Waals surface area contributed by atoms with E-state index >= 15 is 0 Å². The lowest BCUT2D eigenvalue weighted by Gasteiger charge is -2.33. The molecule has 2 heterocycles. The summed E-state index contributed by atoms with van der Waals surface area (Å²) in [5.74, 6) is 0. The Balaban J connectivity index is 2.00. The molecule has 2 saturated heterocycles. The van der Waals surface area contributed by atoms with Crippen molar-refractivity contribution in [2.75, 3.05) is 13.2 Å². The molecule has 5 nitrogen and oxygen atoms in total. The molecular weight excluding hydrogens is 417 g/mol. The lowest BCUT2D eigenvalue weighted by atomic mass is 9.81. The molecule has 0 aliphatic carbocycles. The monoisotopic (exact) mass is 449 g/mol. The number of ether oxygens (including phenoxy) is 1. The highest BCUT2D eigenvalue weighted by Crippen LogP contribution is 2.42. The van der Waals surface area contributed by atoms with Gasteiger partial charge in [0.15, 0.2) is 0 Å². The van der Waals surface area contributed by atoms with E-state index in [4.69, 9.17) is 14.0 Å². The molecule has 7 heteroatoms. The van der Waals surface area contributed by atoms with Crippen molar-refractivity contribution in [3.63, 3.8) is 0 Å². The molecule has 2 aromatic carbocycles. The minimum atomic E-state index is -2.30. The maximum Gasteiger partial charge on any atom is 0.512 e.